The van der Waals surface area contributed by atoms with Gasteiger partial charge in [-0.25, -0.2) is 4.98 Å². The molecule has 2 N–H and O–H groups in total. The van der Waals surface area contributed by atoms with Crippen molar-refractivity contribution in [2.45, 2.75) is 6.92 Å². The van der Waals surface area contributed by atoms with Crippen LogP contribution in [0.4, 0.5) is 0 Å². The molecule has 0 bridgehead atoms. The van der Waals surface area contributed by atoms with Gasteiger partial charge in [0, 0.05) is 26.4 Å². The third-order valence-electron chi connectivity index (χ3n) is 4.77. The molecule has 1 aliphatic rings. The van der Waals surface area contributed by atoms with Crippen LogP contribution in [-0.2, 0) is 0 Å². The molecule has 2 aromatic heterocycles. The van der Waals surface area contributed by atoms with Crippen LogP contribution in [-0.4, -0.2) is 46.4 Å². The second-order valence-electron chi connectivity index (χ2n) is 6.90. The minimum Gasteiger partial charge on any atom is -0.496 e. The molecule has 3 heterocycles. The Balaban J connectivity index is 2.10. The molecule has 29 heavy (non-hydrogen) atoms. The van der Waals surface area contributed by atoms with E-state index < -0.39 is 0 Å². The van der Waals surface area contributed by atoms with Gasteiger partial charge in [0.25, 0.3) is 11.5 Å². The number of allylic oxidation sites excluding steroid dienone is 4. The first-order valence-electron chi connectivity index (χ1n) is 9.07. The van der Waals surface area contributed by atoms with E-state index in [4.69, 9.17) is 4.74 Å². The van der Waals surface area contributed by atoms with Crippen molar-refractivity contribution in [2.24, 2.45) is 0 Å². The van der Waals surface area contributed by atoms with Crippen LogP contribution in [0.25, 0.3) is 22.2 Å². The third-order valence-corrected chi connectivity index (χ3v) is 4.77. The highest BCUT2D eigenvalue weighted by molar-refractivity contribution is 6.00. The lowest BCUT2D eigenvalue weighted by molar-refractivity contribution is 0.0824. The van der Waals surface area contributed by atoms with Gasteiger partial charge in [0.15, 0.2) is 5.82 Å². The van der Waals surface area contributed by atoms with Crippen LogP contribution in [0.15, 0.2) is 47.4 Å². The number of H-pyrrole nitrogens is 1. The molecule has 0 unspecified atom stereocenters. The van der Waals surface area contributed by atoms with Gasteiger partial charge in [0.2, 0.25) is 0 Å². The van der Waals surface area contributed by atoms with E-state index in [1.54, 1.807) is 43.8 Å². The van der Waals surface area contributed by atoms with Crippen molar-refractivity contribution in [2.75, 3.05) is 21.2 Å². The van der Waals surface area contributed by atoms with E-state index in [0.29, 0.717) is 39.4 Å². The zero-order chi connectivity index (χ0) is 20.7. The van der Waals surface area contributed by atoms with Gasteiger partial charge in [-0.1, -0.05) is 12.2 Å². The van der Waals surface area contributed by atoms with Gasteiger partial charge in [0.05, 0.1) is 35.1 Å². The number of imidazole rings is 1. The first-order chi connectivity index (χ1) is 13.9. The van der Waals surface area contributed by atoms with Crippen LogP contribution >= 0.6 is 0 Å². The Bertz CT molecular complexity index is 1290. The second-order valence-corrected chi connectivity index (χ2v) is 6.90. The predicted octanol–water partition coefficient (Wildman–Crippen LogP) is 2.21. The summed E-state index contributed by atoms with van der Waals surface area (Å²) >= 11 is 0. The SMILES string of the molecule is COc1cc2c(cc1C(=O)N(C)C)[nH]c(=O)c1c(C)nc(C3=CC=CC=CN3)n12. The normalized spacial score (nSPS) is 13.3. The Morgan fingerprint density at radius 1 is 1.21 bits per heavy atom. The van der Waals surface area contributed by atoms with Crippen molar-refractivity contribution in [3.8, 4) is 5.75 Å². The molecule has 0 aliphatic carbocycles. The summed E-state index contributed by atoms with van der Waals surface area (Å²) in [6.07, 6.45) is 9.36. The highest BCUT2D eigenvalue weighted by atomic mass is 16.5. The number of ether oxygens (including phenoxy) is 1. The summed E-state index contributed by atoms with van der Waals surface area (Å²) in [7, 11) is 4.85. The van der Waals surface area contributed by atoms with Crippen molar-refractivity contribution < 1.29 is 9.53 Å². The number of nitrogens with zero attached hydrogens (tertiary/aromatic N) is 3. The Labute approximate surface area is 166 Å². The largest absolute Gasteiger partial charge is 0.496 e. The zero-order valence-corrected chi connectivity index (χ0v) is 16.6. The summed E-state index contributed by atoms with van der Waals surface area (Å²) in [5.74, 6) is 0.804. The first kappa shape index (κ1) is 18.5. The van der Waals surface area contributed by atoms with Crippen LogP contribution in [0.2, 0.25) is 0 Å². The molecule has 0 fully saturated rings. The lowest BCUT2D eigenvalue weighted by Crippen LogP contribution is -2.22. The number of aryl methyl sites for hydroxylation is 1. The number of aromatic nitrogens is 3. The highest BCUT2D eigenvalue weighted by Crippen LogP contribution is 2.28. The summed E-state index contributed by atoms with van der Waals surface area (Å²) in [6, 6.07) is 3.40. The van der Waals surface area contributed by atoms with E-state index in [0.717, 1.165) is 5.70 Å². The van der Waals surface area contributed by atoms with Crippen LogP contribution in [0.1, 0.15) is 21.9 Å². The minimum absolute atomic E-state index is 0.213. The molecule has 0 atom stereocenters. The number of nitrogens with one attached hydrogen (secondary N) is 2. The number of fused-ring (bicyclic) bond motifs is 3. The molecule has 8 nitrogen and oxygen atoms in total. The maximum Gasteiger partial charge on any atom is 0.274 e. The van der Waals surface area contributed by atoms with E-state index >= 15 is 0 Å². The van der Waals surface area contributed by atoms with Crippen LogP contribution in [0, 0.1) is 6.92 Å². The maximum atomic E-state index is 12.8. The Hall–Kier alpha value is -3.81. The molecule has 8 heteroatoms. The number of aromatic amines is 1. The Morgan fingerprint density at radius 2 is 2.00 bits per heavy atom. The fraction of sp³-hybridized carbons (Fsp3) is 0.190. The van der Waals surface area contributed by atoms with Crippen molar-refractivity contribution in [1.82, 2.24) is 24.6 Å². The Morgan fingerprint density at radius 3 is 2.72 bits per heavy atom. The molecule has 148 valence electrons. The monoisotopic (exact) mass is 391 g/mol. The quantitative estimate of drug-likeness (QED) is 0.714. The third kappa shape index (κ3) is 2.98. The van der Waals surface area contributed by atoms with Gasteiger partial charge in [-0.15, -0.1) is 0 Å². The summed E-state index contributed by atoms with van der Waals surface area (Å²) in [4.78, 5) is 34.4. The van der Waals surface area contributed by atoms with Crippen LogP contribution < -0.4 is 15.6 Å². The van der Waals surface area contributed by atoms with Crippen LogP contribution in [0.3, 0.4) is 0 Å². The molecule has 1 aromatic carbocycles. The average molecular weight is 391 g/mol. The van der Waals surface area contributed by atoms with Crippen LogP contribution in [0.5, 0.6) is 5.75 Å². The van der Waals surface area contributed by atoms with E-state index in [2.05, 4.69) is 15.3 Å². The number of amides is 1. The van der Waals surface area contributed by atoms with E-state index in [1.165, 1.54) is 12.0 Å². The number of hydrogen-bond donors (Lipinski definition) is 2. The molecule has 1 aliphatic heterocycles. The molecule has 0 spiro atoms. The maximum absolute atomic E-state index is 12.8. The summed E-state index contributed by atoms with van der Waals surface area (Å²) in [6.45, 7) is 1.80. The van der Waals surface area contributed by atoms with Gasteiger partial charge < -0.3 is 19.9 Å². The average Bonchev–Trinajstić information content (AvgIpc) is 2.87. The number of methoxy groups -OCH3 is 1. The van der Waals surface area contributed by atoms with Gasteiger partial charge >= 0.3 is 0 Å². The van der Waals surface area contributed by atoms with E-state index in [9.17, 15) is 9.59 Å². The predicted molar refractivity (Wildman–Crippen MR) is 112 cm³/mol. The standard InChI is InChI=1S/C21H21N5O3/c1-12-18-20(27)24-15-10-13(21(28)25(2)3)17(29-4)11-16(15)26(18)19(23-12)14-8-6-5-7-9-22-14/h5-11,22H,1-4H3,(H,24,27). The smallest absolute Gasteiger partial charge is 0.274 e. The van der Waals surface area contributed by atoms with Gasteiger partial charge in [-0.05, 0) is 25.1 Å². The van der Waals surface area contributed by atoms with Crippen molar-refractivity contribution in [3.63, 3.8) is 0 Å². The number of rotatable bonds is 3. The number of carbonyl (C=O) groups excluding carboxylic acids is 1. The molecule has 0 radical (unpaired) electrons. The topological polar surface area (TPSA) is 91.7 Å². The second kappa shape index (κ2) is 6.97. The molecule has 1 amide bonds. The lowest BCUT2D eigenvalue weighted by Gasteiger charge is -2.15. The number of hydrogen-bond acceptors (Lipinski definition) is 5. The molecule has 3 aromatic rings. The summed E-state index contributed by atoms with van der Waals surface area (Å²) in [5, 5.41) is 3.19. The first-order valence-corrected chi connectivity index (χ1v) is 9.07. The van der Waals surface area contributed by atoms with Gasteiger partial charge in [-0.2, -0.15) is 0 Å². The molecule has 0 saturated heterocycles. The fourth-order valence-corrected chi connectivity index (χ4v) is 3.42. The van der Waals surface area contributed by atoms with Gasteiger partial charge in [-0.3, -0.25) is 14.0 Å². The van der Waals surface area contributed by atoms with E-state index in [1.807, 2.05) is 24.3 Å². The molecular formula is C21H21N5O3. The van der Waals surface area contributed by atoms with E-state index in [-0.39, 0.29) is 11.5 Å². The zero-order valence-electron chi connectivity index (χ0n) is 16.6. The molecule has 0 saturated carbocycles. The number of carbonyl (C=O) groups is 1. The van der Waals surface area contributed by atoms with Crippen molar-refractivity contribution in [1.29, 1.82) is 0 Å². The highest BCUT2D eigenvalue weighted by Gasteiger charge is 2.21. The molecule has 4 rings (SSSR count). The lowest BCUT2D eigenvalue weighted by atomic mass is 10.1. The minimum atomic E-state index is -0.275. The fourth-order valence-electron chi connectivity index (χ4n) is 3.42. The molecular weight excluding hydrogens is 370 g/mol. The summed E-state index contributed by atoms with van der Waals surface area (Å²) in [5.41, 5.74) is 3.10. The Kier molecular flexibility index (Phi) is 4.46. The number of benzene rings is 1. The van der Waals surface area contributed by atoms with Crippen molar-refractivity contribution >= 4 is 28.2 Å². The summed E-state index contributed by atoms with van der Waals surface area (Å²) < 4.78 is 7.28. The van der Waals surface area contributed by atoms with Crippen molar-refractivity contribution in [3.05, 3.63) is 70.1 Å². The van der Waals surface area contributed by atoms with Gasteiger partial charge in [0.1, 0.15) is 11.3 Å².